The van der Waals surface area contributed by atoms with Gasteiger partial charge in [0.15, 0.2) is 0 Å². The fourth-order valence-electron chi connectivity index (χ4n) is 2.18. The van der Waals surface area contributed by atoms with Crippen LogP contribution in [0.2, 0.25) is 0 Å². The van der Waals surface area contributed by atoms with Crippen LogP contribution >= 0.6 is 0 Å². The third-order valence-electron chi connectivity index (χ3n) is 3.27. The van der Waals surface area contributed by atoms with Gasteiger partial charge in [-0.1, -0.05) is 37.3 Å². The fraction of sp³-hybridized carbons (Fsp3) is 0.235. The van der Waals surface area contributed by atoms with Crippen LogP contribution in [0, 0.1) is 17.1 Å². The van der Waals surface area contributed by atoms with Crippen LogP contribution in [-0.2, 0) is 13.1 Å². The van der Waals surface area contributed by atoms with Gasteiger partial charge in [-0.25, -0.2) is 4.39 Å². The first-order valence-electron chi connectivity index (χ1n) is 6.67. The molecule has 102 valence electrons. The predicted molar refractivity (Wildman–Crippen MR) is 77.3 cm³/mol. The lowest BCUT2D eigenvalue weighted by Crippen LogP contribution is -2.22. The normalized spacial score (nSPS) is 10.5. The van der Waals surface area contributed by atoms with E-state index in [0.29, 0.717) is 18.7 Å². The standard InChI is InChI=1S/C17H17FN2/c1-2-20(12-14-6-5-9-17(18)10-14)13-16-8-4-3-7-15(16)11-19/h3-10H,2,12-13H2,1H3. The molecule has 2 rings (SSSR count). The van der Waals surface area contributed by atoms with Gasteiger partial charge in [0.05, 0.1) is 11.6 Å². The van der Waals surface area contributed by atoms with Crippen molar-refractivity contribution in [3.63, 3.8) is 0 Å². The Kier molecular flexibility index (Phi) is 4.86. The van der Waals surface area contributed by atoms with E-state index in [-0.39, 0.29) is 5.82 Å². The van der Waals surface area contributed by atoms with E-state index >= 15 is 0 Å². The Morgan fingerprint density at radius 2 is 1.90 bits per heavy atom. The molecule has 0 atom stereocenters. The number of nitriles is 1. The van der Waals surface area contributed by atoms with Gasteiger partial charge in [-0.15, -0.1) is 0 Å². The molecule has 0 fully saturated rings. The van der Waals surface area contributed by atoms with Crippen LogP contribution < -0.4 is 0 Å². The Balaban J connectivity index is 2.11. The average molecular weight is 268 g/mol. The van der Waals surface area contributed by atoms with E-state index < -0.39 is 0 Å². The van der Waals surface area contributed by atoms with E-state index in [1.165, 1.54) is 6.07 Å². The summed E-state index contributed by atoms with van der Waals surface area (Å²) < 4.78 is 13.2. The Hall–Kier alpha value is -2.18. The summed E-state index contributed by atoms with van der Waals surface area (Å²) in [4.78, 5) is 2.19. The maximum atomic E-state index is 13.2. The first-order chi connectivity index (χ1) is 9.72. The molecule has 0 heterocycles. The molecule has 0 aliphatic heterocycles. The summed E-state index contributed by atoms with van der Waals surface area (Å²) in [6, 6.07) is 16.4. The summed E-state index contributed by atoms with van der Waals surface area (Å²) in [5.74, 6) is -0.212. The van der Waals surface area contributed by atoms with E-state index in [9.17, 15) is 4.39 Å². The summed E-state index contributed by atoms with van der Waals surface area (Å²) in [7, 11) is 0. The average Bonchev–Trinajstić information content (AvgIpc) is 2.47. The lowest BCUT2D eigenvalue weighted by Gasteiger charge is -2.21. The van der Waals surface area contributed by atoms with Crippen molar-refractivity contribution in [3.8, 4) is 6.07 Å². The maximum absolute atomic E-state index is 13.2. The molecule has 2 aromatic rings. The topological polar surface area (TPSA) is 27.0 Å². The maximum Gasteiger partial charge on any atom is 0.123 e. The van der Waals surface area contributed by atoms with Gasteiger partial charge >= 0.3 is 0 Å². The van der Waals surface area contributed by atoms with Gasteiger partial charge in [0.2, 0.25) is 0 Å². The Labute approximate surface area is 119 Å². The molecule has 0 radical (unpaired) electrons. The minimum Gasteiger partial charge on any atom is -0.295 e. The second-order valence-electron chi connectivity index (χ2n) is 4.70. The number of hydrogen-bond donors (Lipinski definition) is 0. The minimum atomic E-state index is -0.212. The Bertz CT molecular complexity index is 616. The molecule has 20 heavy (non-hydrogen) atoms. The van der Waals surface area contributed by atoms with Crippen molar-refractivity contribution in [3.05, 3.63) is 71.0 Å². The van der Waals surface area contributed by atoms with Crippen molar-refractivity contribution in [2.24, 2.45) is 0 Å². The number of nitrogens with zero attached hydrogens (tertiary/aromatic N) is 2. The highest BCUT2D eigenvalue weighted by atomic mass is 19.1. The lowest BCUT2D eigenvalue weighted by molar-refractivity contribution is 0.271. The molecule has 0 aliphatic rings. The predicted octanol–water partition coefficient (Wildman–Crippen LogP) is 3.72. The molecule has 2 nitrogen and oxygen atoms in total. The van der Waals surface area contributed by atoms with Crippen LogP contribution in [0.3, 0.4) is 0 Å². The first-order valence-corrected chi connectivity index (χ1v) is 6.67. The van der Waals surface area contributed by atoms with Crippen molar-refractivity contribution in [1.29, 1.82) is 5.26 Å². The molecule has 3 heteroatoms. The van der Waals surface area contributed by atoms with Gasteiger partial charge in [0.1, 0.15) is 5.82 Å². The molecule has 0 aliphatic carbocycles. The summed E-state index contributed by atoms with van der Waals surface area (Å²) in [5, 5.41) is 9.11. The second-order valence-corrected chi connectivity index (χ2v) is 4.70. The molecule has 0 saturated carbocycles. The van der Waals surface area contributed by atoms with E-state index in [0.717, 1.165) is 17.7 Å². The summed E-state index contributed by atoms with van der Waals surface area (Å²) in [6.07, 6.45) is 0. The zero-order chi connectivity index (χ0) is 14.4. The minimum absolute atomic E-state index is 0.212. The van der Waals surface area contributed by atoms with Crippen molar-refractivity contribution in [2.75, 3.05) is 6.54 Å². The van der Waals surface area contributed by atoms with Crippen molar-refractivity contribution >= 4 is 0 Å². The Morgan fingerprint density at radius 1 is 1.10 bits per heavy atom. The molecular formula is C17H17FN2. The van der Waals surface area contributed by atoms with Gasteiger partial charge in [-0.05, 0) is 35.9 Å². The first kappa shape index (κ1) is 14.2. The Morgan fingerprint density at radius 3 is 2.60 bits per heavy atom. The van der Waals surface area contributed by atoms with E-state index in [2.05, 4.69) is 17.9 Å². The monoisotopic (exact) mass is 268 g/mol. The highest BCUT2D eigenvalue weighted by Crippen LogP contribution is 2.14. The van der Waals surface area contributed by atoms with Gasteiger partial charge in [-0.3, -0.25) is 4.90 Å². The van der Waals surface area contributed by atoms with Gasteiger partial charge in [0, 0.05) is 13.1 Å². The zero-order valence-corrected chi connectivity index (χ0v) is 11.5. The van der Waals surface area contributed by atoms with E-state index in [4.69, 9.17) is 5.26 Å². The highest BCUT2D eigenvalue weighted by Gasteiger charge is 2.08. The molecule has 0 spiro atoms. The molecule has 0 unspecified atom stereocenters. The van der Waals surface area contributed by atoms with E-state index in [1.807, 2.05) is 30.3 Å². The number of benzene rings is 2. The van der Waals surface area contributed by atoms with Gasteiger partial charge < -0.3 is 0 Å². The summed E-state index contributed by atoms with van der Waals surface area (Å²) in [6.45, 7) is 4.27. The smallest absolute Gasteiger partial charge is 0.123 e. The van der Waals surface area contributed by atoms with Crippen molar-refractivity contribution in [1.82, 2.24) is 4.90 Å². The molecule has 0 saturated heterocycles. The second kappa shape index (κ2) is 6.83. The van der Waals surface area contributed by atoms with Crippen molar-refractivity contribution in [2.45, 2.75) is 20.0 Å². The van der Waals surface area contributed by atoms with Gasteiger partial charge in [-0.2, -0.15) is 5.26 Å². The lowest BCUT2D eigenvalue weighted by atomic mass is 10.1. The fourth-order valence-corrected chi connectivity index (χ4v) is 2.18. The number of rotatable bonds is 5. The van der Waals surface area contributed by atoms with Crippen molar-refractivity contribution < 1.29 is 4.39 Å². The van der Waals surface area contributed by atoms with Crippen LogP contribution in [0.1, 0.15) is 23.6 Å². The molecular weight excluding hydrogens is 251 g/mol. The third kappa shape index (κ3) is 3.66. The number of halogens is 1. The van der Waals surface area contributed by atoms with Gasteiger partial charge in [0.25, 0.3) is 0 Å². The third-order valence-corrected chi connectivity index (χ3v) is 3.27. The number of hydrogen-bond acceptors (Lipinski definition) is 2. The van der Waals surface area contributed by atoms with Crippen LogP contribution in [0.25, 0.3) is 0 Å². The zero-order valence-electron chi connectivity index (χ0n) is 11.5. The largest absolute Gasteiger partial charge is 0.295 e. The molecule has 2 aromatic carbocycles. The van der Waals surface area contributed by atoms with E-state index in [1.54, 1.807) is 12.1 Å². The summed E-state index contributed by atoms with van der Waals surface area (Å²) in [5.41, 5.74) is 2.65. The van der Waals surface area contributed by atoms with Crippen LogP contribution in [0.4, 0.5) is 4.39 Å². The molecule has 0 bridgehead atoms. The SMILES string of the molecule is CCN(Cc1cccc(F)c1)Cc1ccccc1C#N. The molecule has 0 amide bonds. The molecule has 0 N–H and O–H groups in total. The quantitative estimate of drug-likeness (QED) is 0.826. The summed E-state index contributed by atoms with van der Waals surface area (Å²) >= 11 is 0. The highest BCUT2D eigenvalue weighted by molar-refractivity contribution is 5.37. The van der Waals surface area contributed by atoms with Crippen LogP contribution in [0.15, 0.2) is 48.5 Å². The van der Waals surface area contributed by atoms with Crippen LogP contribution in [0.5, 0.6) is 0 Å². The molecule has 0 aromatic heterocycles. The van der Waals surface area contributed by atoms with Crippen LogP contribution in [-0.4, -0.2) is 11.4 Å².